The van der Waals surface area contributed by atoms with E-state index >= 15 is 0 Å². The fourth-order valence-corrected chi connectivity index (χ4v) is 5.32. The number of carbonyl (C=O) groups is 1. The highest BCUT2D eigenvalue weighted by Crippen LogP contribution is 2.40. The predicted octanol–water partition coefficient (Wildman–Crippen LogP) is 8.17. The van der Waals surface area contributed by atoms with Gasteiger partial charge in [0.25, 0.3) is 0 Å². The maximum absolute atomic E-state index is 12.4. The Bertz CT molecular complexity index is 959. The van der Waals surface area contributed by atoms with Crippen molar-refractivity contribution in [1.29, 1.82) is 0 Å². The zero-order valence-corrected chi connectivity index (χ0v) is 24.4. The van der Waals surface area contributed by atoms with E-state index in [1.165, 1.54) is 57.8 Å². The fourth-order valence-electron chi connectivity index (χ4n) is 5.32. The molecule has 0 aliphatic carbocycles. The number of benzene rings is 3. The van der Waals surface area contributed by atoms with Crippen LogP contribution in [0.2, 0.25) is 0 Å². The molecular weight excluding hydrogens is 494 g/mol. The van der Waals surface area contributed by atoms with Gasteiger partial charge in [0, 0.05) is 13.0 Å². The van der Waals surface area contributed by atoms with Crippen LogP contribution in [0.3, 0.4) is 0 Å². The molecule has 216 valence electrons. The van der Waals surface area contributed by atoms with Crippen molar-refractivity contribution in [3.05, 3.63) is 108 Å². The van der Waals surface area contributed by atoms with Gasteiger partial charge in [-0.05, 0) is 23.1 Å². The summed E-state index contributed by atoms with van der Waals surface area (Å²) in [4.78, 5) is 12.4. The van der Waals surface area contributed by atoms with Crippen molar-refractivity contribution in [2.75, 3.05) is 13.2 Å². The van der Waals surface area contributed by atoms with E-state index in [9.17, 15) is 9.90 Å². The van der Waals surface area contributed by atoms with Crippen molar-refractivity contribution in [3.8, 4) is 0 Å². The number of unbranched alkanes of at least 4 members (excludes halogenated alkanes) is 10. The Morgan fingerprint density at radius 2 is 1.07 bits per heavy atom. The Balaban J connectivity index is 1.46. The van der Waals surface area contributed by atoms with Gasteiger partial charge in [0.05, 0.1) is 12.7 Å². The molecule has 1 atom stereocenters. The Labute approximate surface area is 242 Å². The first-order valence-electron chi connectivity index (χ1n) is 15.4. The van der Waals surface area contributed by atoms with Crippen LogP contribution in [0.5, 0.6) is 0 Å². The van der Waals surface area contributed by atoms with Crippen LogP contribution in [0, 0.1) is 0 Å². The fraction of sp³-hybridized carbons (Fsp3) is 0.472. The number of aliphatic hydroxyl groups is 1. The number of nitrogens with one attached hydrogen (secondary N) is 1. The third-order valence-electron chi connectivity index (χ3n) is 7.58. The second kappa shape index (κ2) is 18.4. The van der Waals surface area contributed by atoms with E-state index in [0.29, 0.717) is 6.42 Å². The van der Waals surface area contributed by atoms with Crippen molar-refractivity contribution < 1.29 is 14.6 Å². The summed E-state index contributed by atoms with van der Waals surface area (Å²) in [5.41, 5.74) is 2.07. The second-order valence-electron chi connectivity index (χ2n) is 10.8. The molecule has 40 heavy (non-hydrogen) atoms. The first kappa shape index (κ1) is 31.6. The normalized spacial score (nSPS) is 12.2. The van der Waals surface area contributed by atoms with E-state index in [1.807, 2.05) is 54.6 Å². The molecule has 1 unspecified atom stereocenters. The topological polar surface area (TPSA) is 58.6 Å². The third kappa shape index (κ3) is 10.2. The molecular formula is C36H49NO3. The summed E-state index contributed by atoms with van der Waals surface area (Å²) in [5.74, 6) is -0.00424. The SMILES string of the molecule is CCCCCCCCCCCCCC(=O)NCC(O)COC(c1ccccc1)(c1ccccc1)c1ccccc1. The van der Waals surface area contributed by atoms with Gasteiger partial charge < -0.3 is 15.2 Å². The van der Waals surface area contributed by atoms with E-state index in [1.54, 1.807) is 0 Å². The summed E-state index contributed by atoms with van der Waals surface area (Å²) in [7, 11) is 0. The van der Waals surface area contributed by atoms with E-state index in [-0.39, 0.29) is 19.1 Å². The average Bonchev–Trinajstić information content (AvgIpc) is 3.01. The molecule has 3 rings (SSSR count). The Hall–Kier alpha value is -2.95. The van der Waals surface area contributed by atoms with Crippen LogP contribution in [0.1, 0.15) is 101 Å². The van der Waals surface area contributed by atoms with Crippen LogP contribution in [0.15, 0.2) is 91.0 Å². The van der Waals surface area contributed by atoms with Gasteiger partial charge in [-0.25, -0.2) is 0 Å². The molecule has 0 bridgehead atoms. The minimum Gasteiger partial charge on any atom is -0.389 e. The first-order chi connectivity index (χ1) is 19.7. The summed E-state index contributed by atoms with van der Waals surface area (Å²) in [5, 5.41) is 13.7. The van der Waals surface area contributed by atoms with Crippen molar-refractivity contribution in [2.24, 2.45) is 0 Å². The Morgan fingerprint density at radius 1 is 0.675 bits per heavy atom. The van der Waals surface area contributed by atoms with Gasteiger partial charge in [-0.2, -0.15) is 0 Å². The summed E-state index contributed by atoms with van der Waals surface area (Å²) in [6.07, 6.45) is 13.5. The van der Waals surface area contributed by atoms with Crippen LogP contribution >= 0.6 is 0 Å². The molecule has 1 amide bonds. The van der Waals surface area contributed by atoms with Gasteiger partial charge in [0.1, 0.15) is 5.60 Å². The minimum absolute atomic E-state index is 0.00424. The van der Waals surface area contributed by atoms with Crippen LogP contribution in [-0.2, 0) is 15.1 Å². The molecule has 0 aliphatic rings. The largest absolute Gasteiger partial charge is 0.389 e. The van der Waals surface area contributed by atoms with Crippen molar-refractivity contribution in [2.45, 2.75) is 95.7 Å². The standard InChI is InChI=1S/C36H49NO3/c1-2-3-4-5-6-7-8-9-10-11-21-28-35(39)37-29-34(38)30-40-36(31-22-15-12-16-23-31,32-24-17-13-18-25-32)33-26-19-14-20-27-33/h12-20,22-27,34,38H,2-11,21,28-30H2,1H3,(H,37,39). The number of aliphatic hydroxyl groups excluding tert-OH is 1. The number of hydrogen-bond acceptors (Lipinski definition) is 3. The number of rotatable bonds is 20. The summed E-state index contributed by atoms with van der Waals surface area (Å²) < 4.78 is 6.65. The molecule has 0 aromatic heterocycles. The molecule has 0 radical (unpaired) electrons. The number of hydrogen-bond donors (Lipinski definition) is 2. The van der Waals surface area contributed by atoms with Gasteiger partial charge in [0.2, 0.25) is 5.91 Å². The lowest BCUT2D eigenvalue weighted by Crippen LogP contribution is -2.39. The zero-order chi connectivity index (χ0) is 28.3. The highest BCUT2D eigenvalue weighted by atomic mass is 16.5. The Kier molecular flexibility index (Phi) is 14.5. The van der Waals surface area contributed by atoms with Gasteiger partial charge in [-0.1, -0.05) is 162 Å². The van der Waals surface area contributed by atoms with Crippen molar-refractivity contribution in [3.63, 3.8) is 0 Å². The average molecular weight is 544 g/mol. The van der Waals surface area contributed by atoms with Crippen molar-refractivity contribution >= 4 is 5.91 Å². The lowest BCUT2D eigenvalue weighted by molar-refractivity contribution is -0.122. The molecule has 4 nitrogen and oxygen atoms in total. The molecule has 0 aliphatic heterocycles. The van der Waals surface area contributed by atoms with E-state index < -0.39 is 11.7 Å². The van der Waals surface area contributed by atoms with Gasteiger partial charge >= 0.3 is 0 Å². The van der Waals surface area contributed by atoms with Gasteiger partial charge in [-0.3, -0.25) is 4.79 Å². The molecule has 0 fully saturated rings. The molecule has 0 spiro atoms. The lowest BCUT2D eigenvalue weighted by atomic mass is 9.80. The van der Waals surface area contributed by atoms with Gasteiger partial charge in [-0.15, -0.1) is 0 Å². The molecule has 0 saturated carbocycles. The van der Waals surface area contributed by atoms with Crippen molar-refractivity contribution in [1.82, 2.24) is 5.32 Å². The Morgan fingerprint density at radius 3 is 1.50 bits per heavy atom. The first-order valence-corrected chi connectivity index (χ1v) is 15.4. The number of amides is 1. The third-order valence-corrected chi connectivity index (χ3v) is 7.58. The maximum atomic E-state index is 12.4. The highest BCUT2D eigenvalue weighted by Gasteiger charge is 2.38. The van der Waals surface area contributed by atoms with E-state index in [0.717, 1.165) is 29.5 Å². The smallest absolute Gasteiger partial charge is 0.220 e. The zero-order valence-electron chi connectivity index (χ0n) is 24.4. The van der Waals surface area contributed by atoms with E-state index in [4.69, 9.17) is 4.74 Å². The predicted molar refractivity (Wildman–Crippen MR) is 165 cm³/mol. The number of ether oxygens (including phenoxy) is 1. The lowest BCUT2D eigenvalue weighted by Gasteiger charge is -2.36. The molecule has 3 aromatic carbocycles. The highest BCUT2D eigenvalue weighted by molar-refractivity contribution is 5.75. The maximum Gasteiger partial charge on any atom is 0.220 e. The summed E-state index contributed by atoms with van der Waals surface area (Å²) in [6, 6.07) is 30.3. The van der Waals surface area contributed by atoms with Crippen LogP contribution in [-0.4, -0.2) is 30.3 Å². The van der Waals surface area contributed by atoms with Crippen LogP contribution in [0.4, 0.5) is 0 Å². The minimum atomic E-state index is -0.885. The molecule has 0 heterocycles. The quantitative estimate of drug-likeness (QED) is 0.112. The summed E-state index contributed by atoms with van der Waals surface area (Å²) >= 11 is 0. The monoisotopic (exact) mass is 543 g/mol. The summed E-state index contributed by atoms with van der Waals surface area (Å²) in [6.45, 7) is 2.51. The molecule has 4 heteroatoms. The van der Waals surface area contributed by atoms with Crippen LogP contribution < -0.4 is 5.32 Å². The molecule has 3 aromatic rings. The second-order valence-corrected chi connectivity index (χ2v) is 10.8. The van der Waals surface area contributed by atoms with Gasteiger partial charge in [0.15, 0.2) is 0 Å². The van der Waals surface area contributed by atoms with E-state index in [2.05, 4.69) is 48.6 Å². The number of carbonyl (C=O) groups excluding carboxylic acids is 1. The van der Waals surface area contributed by atoms with Crippen LogP contribution in [0.25, 0.3) is 0 Å². The molecule has 0 saturated heterocycles. The molecule has 2 N–H and O–H groups in total.